The molecule has 196 valence electrons. The highest BCUT2D eigenvalue weighted by molar-refractivity contribution is 7.16. The summed E-state index contributed by atoms with van der Waals surface area (Å²) in [6.07, 6.45) is 0.242. The predicted octanol–water partition coefficient (Wildman–Crippen LogP) is 4.63. The van der Waals surface area contributed by atoms with Crippen molar-refractivity contribution in [1.29, 1.82) is 0 Å². The van der Waals surface area contributed by atoms with Crippen molar-refractivity contribution in [2.45, 2.75) is 32.6 Å². The number of halogens is 2. The molecule has 9 nitrogen and oxygen atoms in total. The van der Waals surface area contributed by atoms with Gasteiger partial charge in [0.05, 0.1) is 15.7 Å². The topological polar surface area (TPSA) is 97.9 Å². The monoisotopic (exact) mass is 554 g/mol. The summed E-state index contributed by atoms with van der Waals surface area (Å²) in [4.78, 5) is 49.0. The Hall–Kier alpha value is -2.40. The molecule has 1 saturated heterocycles. The molecule has 36 heavy (non-hydrogen) atoms. The fourth-order valence-corrected chi connectivity index (χ4v) is 4.86. The van der Waals surface area contributed by atoms with E-state index in [1.165, 1.54) is 11.3 Å². The molecule has 0 aliphatic carbocycles. The van der Waals surface area contributed by atoms with Crippen molar-refractivity contribution in [3.05, 3.63) is 38.9 Å². The standard InChI is InChI=1S/C24H32Cl2N6O3S/c1-24(2,3)22-28-19(20(36-22)29-23(35)27-16-8-6-7-15(25)18(16)26)21(34)32-10-9-17(33)31(13-14-32)12-11-30(4)5/h6-8H,9-14H2,1-5H3,(H2,27,29,35). The van der Waals surface area contributed by atoms with Crippen LogP contribution in [-0.2, 0) is 10.2 Å². The van der Waals surface area contributed by atoms with E-state index in [0.29, 0.717) is 46.9 Å². The molecular weight excluding hydrogens is 523 g/mol. The molecule has 1 aromatic carbocycles. The molecular formula is C24H32Cl2N6O3S. The van der Waals surface area contributed by atoms with E-state index in [1.807, 2.05) is 39.8 Å². The number of carbonyl (C=O) groups is 3. The summed E-state index contributed by atoms with van der Waals surface area (Å²) in [5.74, 6) is -0.294. The van der Waals surface area contributed by atoms with Crippen LogP contribution in [0.3, 0.4) is 0 Å². The van der Waals surface area contributed by atoms with Gasteiger partial charge in [-0.15, -0.1) is 0 Å². The first-order valence-corrected chi connectivity index (χ1v) is 13.2. The zero-order valence-electron chi connectivity index (χ0n) is 21.2. The van der Waals surface area contributed by atoms with Gasteiger partial charge in [0.15, 0.2) is 5.69 Å². The van der Waals surface area contributed by atoms with Gasteiger partial charge in [-0.2, -0.15) is 0 Å². The molecule has 12 heteroatoms. The number of hydrogen-bond donors (Lipinski definition) is 2. The van der Waals surface area contributed by atoms with E-state index in [-0.39, 0.29) is 34.4 Å². The van der Waals surface area contributed by atoms with Crippen molar-refractivity contribution in [3.8, 4) is 0 Å². The maximum atomic E-state index is 13.6. The molecule has 0 bridgehead atoms. The number of aromatic nitrogens is 1. The van der Waals surface area contributed by atoms with Crippen LogP contribution in [-0.4, -0.2) is 84.3 Å². The van der Waals surface area contributed by atoms with E-state index >= 15 is 0 Å². The summed E-state index contributed by atoms with van der Waals surface area (Å²) in [7, 11) is 3.91. The highest BCUT2D eigenvalue weighted by Crippen LogP contribution is 2.34. The number of benzene rings is 1. The van der Waals surface area contributed by atoms with Crippen LogP contribution in [0.5, 0.6) is 0 Å². The first kappa shape index (κ1) is 28.2. The number of nitrogens with one attached hydrogen (secondary N) is 2. The van der Waals surface area contributed by atoms with Crippen LogP contribution in [0.15, 0.2) is 18.2 Å². The van der Waals surface area contributed by atoms with Crippen molar-refractivity contribution in [3.63, 3.8) is 0 Å². The van der Waals surface area contributed by atoms with Gasteiger partial charge in [-0.05, 0) is 26.2 Å². The SMILES string of the molecule is CN(C)CCN1CCN(C(=O)c2nc(C(C)(C)C)sc2NC(=O)Nc2cccc(Cl)c2Cl)CCC1=O. The average Bonchev–Trinajstić information content (AvgIpc) is 3.12. The van der Waals surface area contributed by atoms with Gasteiger partial charge in [-0.3, -0.25) is 14.9 Å². The zero-order chi connectivity index (χ0) is 26.6. The minimum Gasteiger partial charge on any atom is -0.340 e. The van der Waals surface area contributed by atoms with Crippen LogP contribution < -0.4 is 10.6 Å². The average molecular weight is 556 g/mol. The normalized spacial score (nSPS) is 14.7. The summed E-state index contributed by atoms with van der Waals surface area (Å²) < 4.78 is 0. The number of thiazole rings is 1. The second-order valence-corrected chi connectivity index (χ2v) is 11.6. The molecule has 4 amide bonds. The van der Waals surface area contributed by atoms with E-state index in [1.54, 1.807) is 28.0 Å². The van der Waals surface area contributed by atoms with Gasteiger partial charge in [0.2, 0.25) is 5.91 Å². The van der Waals surface area contributed by atoms with Crippen molar-refractivity contribution < 1.29 is 14.4 Å². The van der Waals surface area contributed by atoms with Crippen LogP contribution in [0, 0.1) is 0 Å². The van der Waals surface area contributed by atoms with E-state index in [0.717, 1.165) is 6.54 Å². The largest absolute Gasteiger partial charge is 0.340 e. The number of anilines is 2. The fraction of sp³-hybridized carbons (Fsp3) is 0.500. The van der Waals surface area contributed by atoms with Crippen LogP contribution in [0.1, 0.15) is 42.7 Å². The van der Waals surface area contributed by atoms with Gasteiger partial charge < -0.3 is 20.0 Å². The molecule has 3 rings (SSSR count). The second kappa shape index (κ2) is 11.8. The lowest BCUT2D eigenvalue weighted by Crippen LogP contribution is -2.39. The Balaban J connectivity index is 1.80. The number of urea groups is 1. The van der Waals surface area contributed by atoms with E-state index < -0.39 is 6.03 Å². The number of likely N-dealkylation sites (N-methyl/N-ethyl adjacent to an activating group) is 1. The van der Waals surface area contributed by atoms with Crippen molar-refractivity contribution in [2.75, 3.05) is 57.5 Å². The Morgan fingerprint density at radius 3 is 2.53 bits per heavy atom. The molecule has 1 aliphatic heterocycles. The molecule has 1 fully saturated rings. The van der Waals surface area contributed by atoms with Crippen LogP contribution in [0.4, 0.5) is 15.5 Å². The van der Waals surface area contributed by atoms with Gasteiger partial charge in [0, 0.05) is 44.6 Å². The minimum absolute atomic E-state index is 0.0249. The number of nitrogens with zero attached hydrogens (tertiary/aromatic N) is 4. The highest BCUT2D eigenvalue weighted by Gasteiger charge is 2.31. The number of rotatable bonds is 6. The van der Waals surface area contributed by atoms with Crippen molar-refractivity contribution in [2.24, 2.45) is 0 Å². The molecule has 1 aliphatic rings. The molecule has 2 aromatic rings. The Labute approximate surface area is 225 Å². The van der Waals surface area contributed by atoms with E-state index in [2.05, 4.69) is 15.6 Å². The third-order valence-corrected chi connectivity index (χ3v) is 7.81. The van der Waals surface area contributed by atoms with E-state index in [9.17, 15) is 14.4 Å². The summed E-state index contributed by atoms with van der Waals surface area (Å²) in [5, 5.41) is 7.00. The van der Waals surface area contributed by atoms with Gasteiger partial charge in [-0.25, -0.2) is 9.78 Å². The lowest BCUT2D eigenvalue weighted by Gasteiger charge is -2.23. The Morgan fingerprint density at radius 1 is 1.14 bits per heavy atom. The third-order valence-electron chi connectivity index (χ3n) is 5.59. The predicted molar refractivity (Wildman–Crippen MR) is 146 cm³/mol. The number of hydrogen-bond acceptors (Lipinski definition) is 6. The van der Waals surface area contributed by atoms with Crippen molar-refractivity contribution >= 4 is 63.1 Å². The second-order valence-electron chi connectivity index (χ2n) is 9.85. The van der Waals surface area contributed by atoms with E-state index in [4.69, 9.17) is 23.2 Å². The molecule has 0 atom stereocenters. The first-order chi connectivity index (χ1) is 16.9. The maximum absolute atomic E-state index is 13.6. The quantitative estimate of drug-likeness (QED) is 0.542. The third kappa shape index (κ3) is 7.09. The van der Waals surface area contributed by atoms with Crippen LogP contribution in [0.2, 0.25) is 10.0 Å². The van der Waals surface area contributed by atoms with Crippen LogP contribution >= 0.6 is 34.5 Å². The first-order valence-electron chi connectivity index (χ1n) is 11.6. The summed E-state index contributed by atoms with van der Waals surface area (Å²) >= 11 is 13.5. The maximum Gasteiger partial charge on any atom is 0.324 e. The highest BCUT2D eigenvalue weighted by atomic mass is 35.5. The summed E-state index contributed by atoms with van der Waals surface area (Å²) in [5.41, 5.74) is 0.176. The van der Waals surface area contributed by atoms with Crippen molar-refractivity contribution in [1.82, 2.24) is 19.7 Å². The fourth-order valence-electron chi connectivity index (χ4n) is 3.50. The Morgan fingerprint density at radius 2 is 1.86 bits per heavy atom. The van der Waals surface area contributed by atoms with Gasteiger partial charge >= 0.3 is 6.03 Å². The van der Waals surface area contributed by atoms with Gasteiger partial charge in [-0.1, -0.05) is 61.4 Å². The minimum atomic E-state index is -0.571. The Bertz CT molecular complexity index is 1130. The number of amides is 4. The molecule has 0 unspecified atom stereocenters. The Kier molecular flexibility index (Phi) is 9.21. The van der Waals surface area contributed by atoms with Crippen LogP contribution in [0.25, 0.3) is 0 Å². The molecule has 0 saturated carbocycles. The molecule has 2 N–H and O–H groups in total. The number of carbonyl (C=O) groups excluding carboxylic acids is 3. The summed E-state index contributed by atoms with van der Waals surface area (Å²) in [6, 6.07) is 4.35. The van der Waals surface area contributed by atoms with Gasteiger partial charge in [0.1, 0.15) is 10.0 Å². The zero-order valence-corrected chi connectivity index (χ0v) is 23.5. The molecule has 1 aromatic heterocycles. The summed E-state index contributed by atoms with van der Waals surface area (Å²) in [6.45, 7) is 8.46. The van der Waals surface area contributed by atoms with Gasteiger partial charge in [0.25, 0.3) is 5.91 Å². The molecule has 2 heterocycles. The lowest BCUT2D eigenvalue weighted by molar-refractivity contribution is -0.130. The molecule has 0 spiro atoms. The smallest absolute Gasteiger partial charge is 0.324 e. The molecule has 0 radical (unpaired) electrons. The lowest BCUT2D eigenvalue weighted by atomic mass is 9.98.